The summed E-state index contributed by atoms with van der Waals surface area (Å²) in [5.41, 5.74) is 4.30. The van der Waals surface area contributed by atoms with Crippen molar-refractivity contribution in [2.75, 3.05) is 13.2 Å². The number of fused-ring (bicyclic) bond motifs is 5. The zero-order valence-electron chi connectivity index (χ0n) is 35.3. The van der Waals surface area contributed by atoms with Gasteiger partial charge in [-0.2, -0.15) is 10.2 Å². The number of benzene rings is 2. The van der Waals surface area contributed by atoms with Gasteiger partial charge in [0.1, 0.15) is 11.9 Å². The molecule has 0 heterocycles. The van der Waals surface area contributed by atoms with E-state index in [0.29, 0.717) is 23.3 Å². The lowest BCUT2D eigenvalue weighted by Crippen LogP contribution is -2.51. The second-order valence-corrected chi connectivity index (χ2v) is 18.3. The Kier molecular flexibility index (Phi) is 14.6. The number of unbranched alkanes of at least 4 members (excludes halogenated alkanes) is 1. The van der Waals surface area contributed by atoms with Gasteiger partial charge in [-0.25, -0.2) is 4.79 Å². The molecule has 0 saturated heterocycles. The maximum absolute atomic E-state index is 13.3. The van der Waals surface area contributed by atoms with Gasteiger partial charge in [0.2, 0.25) is 0 Å². The van der Waals surface area contributed by atoms with Gasteiger partial charge < -0.3 is 9.47 Å². The SMILES string of the molecule is C\C=C/C=C\C=N\CCCCOc1ccc(N=Nc2ccc(C(=O)OC3CCC4(C)C(=CCC5C4CCC4(C)C(C(C)CCCC(C)C)CCC54)C3)cc2)cc1. The van der Waals surface area contributed by atoms with Gasteiger partial charge in [0.05, 0.1) is 23.5 Å². The number of azo groups is 1. The Hall–Kier alpha value is -3.80. The summed E-state index contributed by atoms with van der Waals surface area (Å²) in [4.78, 5) is 17.7. The molecule has 0 aliphatic heterocycles. The first-order chi connectivity index (χ1) is 27.1. The molecule has 302 valence electrons. The van der Waals surface area contributed by atoms with Crippen LogP contribution in [0.15, 0.2) is 99.7 Å². The first kappa shape index (κ1) is 41.8. The van der Waals surface area contributed by atoms with Crippen molar-refractivity contribution >= 4 is 23.6 Å². The van der Waals surface area contributed by atoms with Crippen LogP contribution in [0.25, 0.3) is 0 Å². The average molecular weight is 760 g/mol. The van der Waals surface area contributed by atoms with Crippen LogP contribution in [0.2, 0.25) is 0 Å². The van der Waals surface area contributed by atoms with Crippen molar-refractivity contribution in [3.63, 3.8) is 0 Å². The van der Waals surface area contributed by atoms with E-state index < -0.39 is 0 Å². The molecule has 6 nitrogen and oxygen atoms in total. The molecule has 0 spiro atoms. The standard InChI is InChI=1S/C50H69N3O3/c1-7-8-9-10-32-51-33-11-12-34-55-42-23-21-41(22-24-42)53-52-40-19-16-38(17-20-40)48(54)56-43-28-30-49(5)39(35-43)18-25-44-46-27-26-45(37(4)15-13-14-36(2)3)50(46,6)31-29-47(44)49/h7-10,16-24,32,36-37,43-47H,11-15,25-31,33-35H2,1-6H3/b8-7-,10-9-,51-32+,53-52?. The topological polar surface area (TPSA) is 72.6 Å². The predicted molar refractivity (Wildman–Crippen MR) is 231 cm³/mol. The number of hydrogen-bond acceptors (Lipinski definition) is 6. The molecule has 3 fully saturated rings. The third-order valence-electron chi connectivity index (χ3n) is 14.3. The van der Waals surface area contributed by atoms with Gasteiger partial charge in [-0.3, -0.25) is 4.99 Å². The quantitative estimate of drug-likeness (QED) is 0.0402. The van der Waals surface area contributed by atoms with Gasteiger partial charge >= 0.3 is 5.97 Å². The van der Waals surface area contributed by atoms with Crippen molar-refractivity contribution in [1.82, 2.24) is 0 Å². The summed E-state index contributed by atoms with van der Waals surface area (Å²) >= 11 is 0. The Morgan fingerprint density at radius 1 is 0.839 bits per heavy atom. The predicted octanol–water partition coefficient (Wildman–Crippen LogP) is 14.0. The summed E-state index contributed by atoms with van der Waals surface area (Å²) in [5, 5.41) is 8.78. The largest absolute Gasteiger partial charge is 0.494 e. The van der Waals surface area contributed by atoms with Gasteiger partial charge in [-0.1, -0.05) is 83.8 Å². The fourth-order valence-corrected chi connectivity index (χ4v) is 11.2. The van der Waals surface area contributed by atoms with Crippen LogP contribution in [0.5, 0.6) is 5.75 Å². The molecule has 2 aromatic carbocycles. The second kappa shape index (κ2) is 19.6. The Balaban J connectivity index is 0.949. The van der Waals surface area contributed by atoms with Crippen molar-refractivity contribution in [2.45, 2.75) is 131 Å². The number of carbonyl (C=O) groups is 1. The number of nitrogens with zero attached hydrogens (tertiary/aromatic N) is 3. The molecule has 4 aliphatic carbocycles. The molecule has 6 heteroatoms. The van der Waals surface area contributed by atoms with Crippen molar-refractivity contribution < 1.29 is 14.3 Å². The van der Waals surface area contributed by atoms with Gasteiger partial charge in [-0.05, 0) is 166 Å². The Morgan fingerprint density at radius 3 is 2.32 bits per heavy atom. The molecule has 0 bridgehead atoms. The molecule has 0 aromatic heterocycles. The lowest BCUT2D eigenvalue weighted by molar-refractivity contribution is -0.0594. The van der Waals surface area contributed by atoms with Gasteiger partial charge in [0.25, 0.3) is 0 Å². The minimum absolute atomic E-state index is 0.0592. The summed E-state index contributed by atoms with van der Waals surface area (Å²) in [6.07, 6.45) is 28.1. The summed E-state index contributed by atoms with van der Waals surface area (Å²) in [6.45, 7) is 16.0. The van der Waals surface area contributed by atoms with Crippen LogP contribution in [0.1, 0.15) is 135 Å². The number of rotatable bonds is 17. The van der Waals surface area contributed by atoms with Crippen molar-refractivity contribution in [1.29, 1.82) is 0 Å². The van der Waals surface area contributed by atoms with E-state index in [0.717, 1.165) is 85.6 Å². The van der Waals surface area contributed by atoms with Crippen LogP contribution in [0, 0.1) is 46.3 Å². The molecule has 3 saturated carbocycles. The van der Waals surface area contributed by atoms with E-state index in [1.54, 1.807) is 17.7 Å². The van der Waals surface area contributed by atoms with Crippen LogP contribution in [0.3, 0.4) is 0 Å². The molecule has 0 amide bonds. The summed E-state index contributed by atoms with van der Waals surface area (Å²) < 4.78 is 12.0. The molecule has 6 rings (SSSR count). The first-order valence-corrected chi connectivity index (χ1v) is 22.0. The van der Waals surface area contributed by atoms with E-state index in [1.165, 1.54) is 51.4 Å². The first-order valence-electron chi connectivity index (χ1n) is 22.0. The number of carbonyl (C=O) groups excluding carboxylic acids is 1. The van der Waals surface area contributed by atoms with E-state index in [-0.39, 0.29) is 17.5 Å². The molecule has 8 atom stereocenters. The van der Waals surface area contributed by atoms with Gasteiger partial charge in [0, 0.05) is 19.2 Å². The molecule has 4 aliphatic rings. The number of hydrogen-bond donors (Lipinski definition) is 0. The van der Waals surface area contributed by atoms with E-state index in [1.807, 2.05) is 73.8 Å². The van der Waals surface area contributed by atoms with Crippen LogP contribution < -0.4 is 4.74 Å². The van der Waals surface area contributed by atoms with E-state index in [4.69, 9.17) is 9.47 Å². The minimum atomic E-state index is -0.245. The molecular weight excluding hydrogens is 691 g/mol. The Labute approximate surface area is 338 Å². The third-order valence-corrected chi connectivity index (χ3v) is 14.3. The average Bonchev–Trinajstić information content (AvgIpc) is 3.56. The Morgan fingerprint density at radius 2 is 1.59 bits per heavy atom. The maximum Gasteiger partial charge on any atom is 0.338 e. The van der Waals surface area contributed by atoms with Gasteiger partial charge in [-0.15, -0.1) is 0 Å². The number of aliphatic imine (C=N–C) groups is 1. The minimum Gasteiger partial charge on any atom is -0.494 e. The van der Waals surface area contributed by atoms with Crippen molar-refractivity contribution in [3.05, 3.63) is 90.0 Å². The summed E-state index contributed by atoms with van der Waals surface area (Å²) in [7, 11) is 0. The monoisotopic (exact) mass is 760 g/mol. The lowest BCUT2D eigenvalue weighted by atomic mass is 9.47. The zero-order chi connectivity index (χ0) is 39.5. The van der Waals surface area contributed by atoms with E-state index >= 15 is 0 Å². The van der Waals surface area contributed by atoms with Crippen LogP contribution in [0.4, 0.5) is 11.4 Å². The normalized spacial score (nSPS) is 29.5. The molecule has 2 aromatic rings. The number of ether oxygens (including phenoxy) is 2. The van der Waals surface area contributed by atoms with Crippen molar-refractivity contribution in [2.24, 2.45) is 61.6 Å². The van der Waals surface area contributed by atoms with Crippen LogP contribution in [-0.2, 0) is 4.74 Å². The molecule has 0 radical (unpaired) electrons. The molecule has 56 heavy (non-hydrogen) atoms. The third kappa shape index (κ3) is 10.2. The highest BCUT2D eigenvalue weighted by Crippen LogP contribution is 2.67. The fraction of sp³-hybridized carbons (Fsp3) is 0.600. The van der Waals surface area contributed by atoms with E-state index in [9.17, 15) is 4.79 Å². The second-order valence-electron chi connectivity index (χ2n) is 18.3. The summed E-state index contributed by atoms with van der Waals surface area (Å²) in [5.74, 6) is 5.55. The highest BCUT2D eigenvalue weighted by atomic mass is 16.5. The smallest absolute Gasteiger partial charge is 0.338 e. The van der Waals surface area contributed by atoms with Gasteiger partial charge in [0.15, 0.2) is 0 Å². The highest BCUT2D eigenvalue weighted by molar-refractivity contribution is 5.89. The molecule has 8 unspecified atom stereocenters. The zero-order valence-corrected chi connectivity index (χ0v) is 35.3. The maximum atomic E-state index is 13.3. The highest BCUT2D eigenvalue weighted by Gasteiger charge is 2.59. The Bertz CT molecular complexity index is 1720. The molecule has 0 N–H and O–H groups in total. The van der Waals surface area contributed by atoms with E-state index in [2.05, 4.69) is 55.9 Å². The lowest BCUT2D eigenvalue weighted by Gasteiger charge is -2.58. The fourth-order valence-electron chi connectivity index (χ4n) is 11.2. The van der Waals surface area contributed by atoms with Crippen LogP contribution >= 0.6 is 0 Å². The number of esters is 1. The molecular formula is C50H69N3O3. The summed E-state index contributed by atoms with van der Waals surface area (Å²) in [6, 6.07) is 14.9. The number of allylic oxidation sites excluding steroid dienone is 5. The van der Waals surface area contributed by atoms with Crippen LogP contribution in [-0.4, -0.2) is 31.4 Å². The van der Waals surface area contributed by atoms with Crippen molar-refractivity contribution in [3.8, 4) is 5.75 Å².